The number of nitrogens with two attached hydrogens (primary N) is 1. The van der Waals surface area contributed by atoms with Gasteiger partial charge in [-0.1, -0.05) is 0 Å². The van der Waals surface area contributed by atoms with Crippen LogP contribution in [0.25, 0.3) is 0 Å². The van der Waals surface area contributed by atoms with Gasteiger partial charge >= 0.3 is 0 Å². The van der Waals surface area contributed by atoms with Gasteiger partial charge < -0.3 is 5.73 Å². The van der Waals surface area contributed by atoms with Crippen LogP contribution in [-0.4, -0.2) is 5.96 Å². The molecule has 4 heteroatoms. The molecule has 4 N–H and O–H groups in total. The molecule has 0 fully saturated rings. The fraction of sp³-hybridized carbons (Fsp3) is 0. The van der Waals surface area contributed by atoms with Crippen molar-refractivity contribution in [1.82, 2.24) is 4.72 Å². The molecule has 0 saturated heterocycles. The summed E-state index contributed by atoms with van der Waals surface area (Å²) in [6, 6.07) is 0. The van der Waals surface area contributed by atoms with Gasteiger partial charge in [-0.05, 0) is 0 Å². The van der Waals surface area contributed by atoms with E-state index in [1.54, 1.807) is 0 Å². The SMILES string of the molecule is N=C(N)N[S]. The van der Waals surface area contributed by atoms with Gasteiger partial charge in [-0.3, -0.25) is 10.1 Å². The fourth-order valence-corrected chi connectivity index (χ4v) is 0. The van der Waals surface area contributed by atoms with Crippen LogP contribution in [0, 0.1) is 5.41 Å². The topological polar surface area (TPSA) is 61.9 Å². The summed E-state index contributed by atoms with van der Waals surface area (Å²) in [5, 5.41) is 6.31. The highest BCUT2D eigenvalue weighted by Crippen LogP contribution is 1.49. The van der Waals surface area contributed by atoms with Crippen molar-refractivity contribution in [1.29, 1.82) is 5.41 Å². The average Bonchev–Trinajstić information content (AvgIpc) is 1.38. The van der Waals surface area contributed by atoms with Gasteiger partial charge in [-0.15, -0.1) is 0 Å². The van der Waals surface area contributed by atoms with Crippen molar-refractivity contribution in [3.63, 3.8) is 0 Å². The summed E-state index contributed by atoms with van der Waals surface area (Å²) in [4.78, 5) is 0. The first-order valence-electron chi connectivity index (χ1n) is 0.993. The Morgan fingerprint density at radius 3 is 2.20 bits per heavy atom. The van der Waals surface area contributed by atoms with Crippen LogP contribution in [0.3, 0.4) is 0 Å². The Morgan fingerprint density at radius 1 is 2.00 bits per heavy atom. The molecule has 0 saturated carbocycles. The zero-order valence-corrected chi connectivity index (χ0v) is 3.30. The third kappa shape index (κ3) is 3.62. The Morgan fingerprint density at radius 2 is 2.20 bits per heavy atom. The van der Waals surface area contributed by atoms with Crippen LogP contribution in [0.1, 0.15) is 0 Å². The van der Waals surface area contributed by atoms with Gasteiger partial charge in [0.1, 0.15) is 0 Å². The van der Waals surface area contributed by atoms with Crippen molar-refractivity contribution < 1.29 is 0 Å². The zero-order chi connectivity index (χ0) is 4.28. The Kier molecular flexibility index (Phi) is 1.75. The first-order chi connectivity index (χ1) is 2.27. The first kappa shape index (κ1) is 4.62. The number of hydrogen-bond donors (Lipinski definition) is 3. The molecular formula is CH4N3S. The lowest BCUT2D eigenvalue weighted by Gasteiger charge is -1.82. The highest BCUT2D eigenvalue weighted by Gasteiger charge is 1.68. The van der Waals surface area contributed by atoms with E-state index in [4.69, 9.17) is 5.41 Å². The minimum Gasteiger partial charge on any atom is -0.369 e. The average molecular weight is 90.1 g/mol. The lowest BCUT2D eigenvalue weighted by Crippen LogP contribution is -2.21. The summed E-state index contributed by atoms with van der Waals surface area (Å²) in [5.74, 6) is -0.181. The summed E-state index contributed by atoms with van der Waals surface area (Å²) < 4.78 is 1.97. The Bertz CT molecular complexity index is 42.2. The maximum atomic E-state index is 6.31. The van der Waals surface area contributed by atoms with Crippen molar-refractivity contribution in [3.05, 3.63) is 0 Å². The third-order valence-electron chi connectivity index (χ3n) is 0.110. The van der Waals surface area contributed by atoms with Crippen molar-refractivity contribution in [2.75, 3.05) is 0 Å². The molecule has 0 bridgehead atoms. The smallest absolute Gasteiger partial charge is 0.196 e. The van der Waals surface area contributed by atoms with Crippen LogP contribution in [-0.2, 0) is 0 Å². The fourth-order valence-electron chi connectivity index (χ4n) is 0. The van der Waals surface area contributed by atoms with E-state index in [-0.39, 0.29) is 5.96 Å². The standard InChI is InChI=1S/CH4N3S/c2-1(3)4-5/h(H4,2,3,4). The molecule has 0 atom stereocenters. The van der Waals surface area contributed by atoms with E-state index in [0.717, 1.165) is 0 Å². The van der Waals surface area contributed by atoms with Crippen LogP contribution in [0.4, 0.5) is 0 Å². The van der Waals surface area contributed by atoms with Gasteiger partial charge in [0.2, 0.25) is 0 Å². The van der Waals surface area contributed by atoms with E-state index in [9.17, 15) is 0 Å². The van der Waals surface area contributed by atoms with Crippen molar-refractivity contribution in [2.24, 2.45) is 5.73 Å². The van der Waals surface area contributed by atoms with Crippen molar-refractivity contribution >= 4 is 18.8 Å². The molecule has 0 amide bonds. The molecule has 0 heterocycles. The van der Waals surface area contributed by atoms with E-state index in [1.807, 2.05) is 4.72 Å². The predicted octanol–water partition coefficient (Wildman–Crippen LogP) is -0.418. The summed E-state index contributed by atoms with van der Waals surface area (Å²) >= 11 is 4.08. The van der Waals surface area contributed by atoms with Crippen LogP contribution in [0.15, 0.2) is 0 Å². The maximum absolute atomic E-state index is 6.31. The van der Waals surface area contributed by atoms with Crippen LogP contribution >= 0.6 is 12.8 Å². The van der Waals surface area contributed by atoms with Crippen LogP contribution < -0.4 is 10.5 Å². The molecule has 0 aliphatic carbocycles. The largest absolute Gasteiger partial charge is 0.369 e. The molecule has 29 valence electrons. The molecule has 1 radical (unpaired) electrons. The molecular weight excluding hydrogens is 86.1 g/mol. The highest BCUT2D eigenvalue weighted by molar-refractivity contribution is 7.78. The van der Waals surface area contributed by atoms with Crippen LogP contribution in [0.5, 0.6) is 0 Å². The van der Waals surface area contributed by atoms with Gasteiger partial charge in [-0.2, -0.15) is 0 Å². The summed E-state index contributed by atoms with van der Waals surface area (Å²) in [7, 11) is 0. The summed E-state index contributed by atoms with van der Waals surface area (Å²) in [6.07, 6.45) is 0. The molecule has 0 rings (SSSR count). The molecule has 0 aromatic carbocycles. The van der Waals surface area contributed by atoms with E-state index < -0.39 is 0 Å². The molecule has 3 nitrogen and oxygen atoms in total. The first-order valence-corrected chi connectivity index (χ1v) is 1.40. The monoisotopic (exact) mass is 90.0 g/mol. The maximum Gasteiger partial charge on any atom is 0.196 e. The van der Waals surface area contributed by atoms with Gasteiger partial charge in [0.05, 0.1) is 0 Å². The quantitative estimate of drug-likeness (QED) is 0.279. The third-order valence-corrected chi connectivity index (χ3v) is 0.330. The van der Waals surface area contributed by atoms with E-state index in [1.165, 1.54) is 0 Å². The predicted molar refractivity (Wildman–Crippen MR) is 22.6 cm³/mol. The molecule has 0 aromatic rings. The highest BCUT2D eigenvalue weighted by atomic mass is 32.1. The lowest BCUT2D eigenvalue weighted by atomic mass is 11.1. The zero-order valence-electron chi connectivity index (χ0n) is 2.49. The van der Waals surface area contributed by atoms with Crippen molar-refractivity contribution in [3.8, 4) is 0 Å². The number of rotatable bonds is 0. The van der Waals surface area contributed by atoms with Crippen molar-refractivity contribution in [2.45, 2.75) is 0 Å². The number of guanidine groups is 1. The second kappa shape index (κ2) is 1.90. The van der Waals surface area contributed by atoms with E-state index in [2.05, 4.69) is 18.5 Å². The number of hydrogen-bond acceptors (Lipinski definition) is 1. The minimum absolute atomic E-state index is 0.181. The molecule has 0 spiro atoms. The van der Waals surface area contributed by atoms with Gasteiger partial charge in [0, 0.05) is 12.8 Å². The van der Waals surface area contributed by atoms with E-state index in [0.29, 0.717) is 0 Å². The van der Waals surface area contributed by atoms with Gasteiger partial charge in [0.15, 0.2) is 5.96 Å². The van der Waals surface area contributed by atoms with Crippen LogP contribution in [0.2, 0.25) is 0 Å². The minimum atomic E-state index is -0.181. The summed E-state index contributed by atoms with van der Waals surface area (Å²) in [6.45, 7) is 0. The molecule has 0 unspecified atom stereocenters. The lowest BCUT2D eigenvalue weighted by molar-refractivity contribution is 1.33. The molecule has 0 aromatic heterocycles. The Balaban J connectivity index is 2.85. The van der Waals surface area contributed by atoms with Gasteiger partial charge in [0.25, 0.3) is 0 Å². The second-order valence-corrected chi connectivity index (χ2v) is 0.720. The number of nitrogens with one attached hydrogen (secondary N) is 2. The molecule has 0 aliphatic heterocycles. The van der Waals surface area contributed by atoms with E-state index >= 15 is 0 Å². The Hall–Kier alpha value is -0.380. The molecule has 5 heavy (non-hydrogen) atoms. The molecule has 0 aliphatic rings. The Labute approximate surface area is 35.6 Å². The summed E-state index contributed by atoms with van der Waals surface area (Å²) in [5.41, 5.74) is 4.66. The van der Waals surface area contributed by atoms with Gasteiger partial charge in [-0.25, -0.2) is 0 Å². The second-order valence-electron chi connectivity index (χ2n) is 0.516. The normalized spacial score (nSPS) is 6.60.